The number of rotatable bonds is 6. The van der Waals surface area contributed by atoms with E-state index in [1.807, 2.05) is 0 Å². The molecule has 102 valence electrons. The van der Waals surface area contributed by atoms with E-state index in [-0.39, 0.29) is 0 Å². The number of aryl methyl sites for hydroxylation is 1. The first kappa shape index (κ1) is 14.0. The number of nitrogens with one attached hydrogen (secondary N) is 1. The smallest absolute Gasteiger partial charge is 0.0281 e. The first-order chi connectivity index (χ1) is 8.78. The van der Waals surface area contributed by atoms with Crippen LogP contribution in [0.3, 0.4) is 0 Å². The van der Waals surface area contributed by atoms with Crippen LogP contribution < -0.4 is 5.32 Å². The molecule has 1 saturated carbocycles. The second-order valence-corrected chi connectivity index (χ2v) is 6.68. The van der Waals surface area contributed by atoms with Crippen molar-refractivity contribution in [2.75, 3.05) is 12.8 Å². The summed E-state index contributed by atoms with van der Waals surface area (Å²) in [5, 5.41) is 3.67. The van der Waals surface area contributed by atoms with Crippen LogP contribution in [0.4, 0.5) is 0 Å². The molecule has 1 N–H and O–H groups in total. The van der Waals surface area contributed by atoms with Crippen LogP contribution in [0, 0.1) is 0 Å². The van der Waals surface area contributed by atoms with Gasteiger partial charge in [-0.25, -0.2) is 0 Å². The Kier molecular flexibility index (Phi) is 5.19. The van der Waals surface area contributed by atoms with E-state index in [1.165, 1.54) is 37.7 Å². The summed E-state index contributed by atoms with van der Waals surface area (Å²) in [6.07, 6.45) is 13.7. The highest BCUT2D eigenvalue weighted by molar-refractivity contribution is 8.00. The van der Waals surface area contributed by atoms with Crippen molar-refractivity contribution in [1.29, 1.82) is 0 Å². The molecule has 2 nitrogen and oxygen atoms in total. The second-order valence-electron chi connectivity index (χ2n) is 5.40. The zero-order valence-corrected chi connectivity index (χ0v) is 12.6. The van der Waals surface area contributed by atoms with Crippen molar-refractivity contribution < 1.29 is 0 Å². The van der Waals surface area contributed by atoms with Gasteiger partial charge in [0.1, 0.15) is 0 Å². The molecule has 0 saturated heterocycles. The van der Waals surface area contributed by atoms with Crippen molar-refractivity contribution in [2.24, 2.45) is 0 Å². The molecule has 1 fully saturated rings. The summed E-state index contributed by atoms with van der Waals surface area (Å²) in [5.41, 5.74) is 1.41. The maximum Gasteiger partial charge on any atom is 0.0281 e. The van der Waals surface area contributed by atoms with Gasteiger partial charge in [-0.2, -0.15) is 11.8 Å². The first-order valence-electron chi connectivity index (χ1n) is 7.18. The normalized spacial score (nSPS) is 19.0. The Hall–Kier alpha value is -0.410. The van der Waals surface area contributed by atoms with Gasteiger partial charge in [0.2, 0.25) is 0 Å². The van der Waals surface area contributed by atoms with E-state index in [2.05, 4.69) is 53.3 Å². The molecule has 2 rings (SSSR count). The summed E-state index contributed by atoms with van der Waals surface area (Å²) in [7, 11) is 0. The molecule has 1 heterocycles. The van der Waals surface area contributed by atoms with E-state index >= 15 is 0 Å². The van der Waals surface area contributed by atoms with Crippen molar-refractivity contribution in [3.63, 3.8) is 0 Å². The summed E-state index contributed by atoms with van der Waals surface area (Å²) in [5.74, 6) is 0. The molecule has 0 aliphatic heterocycles. The fraction of sp³-hybridized carbons (Fsp3) is 0.733. The number of hydrogen-bond donors (Lipinski definition) is 1. The van der Waals surface area contributed by atoms with Gasteiger partial charge in [-0.15, -0.1) is 0 Å². The molecular weight excluding hydrogens is 240 g/mol. The van der Waals surface area contributed by atoms with Crippen LogP contribution in [0.1, 0.15) is 44.6 Å². The topological polar surface area (TPSA) is 17.0 Å². The average molecular weight is 266 g/mol. The van der Waals surface area contributed by atoms with Crippen molar-refractivity contribution in [3.05, 3.63) is 24.0 Å². The summed E-state index contributed by atoms with van der Waals surface area (Å²) in [6, 6.07) is 2.23. The highest BCUT2D eigenvalue weighted by Crippen LogP contribution is 2.37. The van der Waals surface area contributed by atoms with E-state index in [9.17, 15) is 0 Å². The molecule has 0 radical (unpaired) electrons. The number of hydrogen-bond acceptors (Lipinski definition) is 2. The van der Waals surface area contributed by atoms with Crippen molar-refractivity contribution in [1.82, 2.24) is 9.88 Å². The summed E-state index contributed by atoms with van der Waals surface area (Å²) in [6.45, 7) is 5.41. The van der Waals surface area contributed by atoms with Crippen LogP contribution in [0.2, 0.25) is 0 Å². The molecule has 1 aromatic heterocycles. The van der Waals surface area contributed by atoms with E-state index in [1.54, 1.807) is 0 Å². The fourth-order valence-electron chi connectivity index (χ4n) is 2.88. The van der Waals surface area contributed by atoms with Crippen LogP contribution in [0.25, 0.3) is 0 Å². The zero-order chi connectivity index (χ0) is 12.8. The molecule has 0 amide bonds. The molecule has 3 heteroatoms. The third-order valence-electron chi connectivity index (χ3n) is 4.15. The molecule has 1 aliphatic rings. The van der Waals surface area contributed by atoms with E-state index < -0.39 is 0 Å². The Morgan fingerprint density at radius 1 is 1.33 bits per heavy atom. The number of nitrogens with zero attached hydrogens (tertiary/aromatic N) is 1. The molecule has 0 bridgehead atoms. The third-order valence-corrected chi connectivity index (χ3v) is 5.57. The summed E-state index contributed by atoms with van der Waals surface area (Å²) < 4.78 is 2.74. The van der Waals surface area contributed by atoms with Gasteiger partial charge in [0.25, 0.3) is 0 Å². The lowest BCUT2D eigenvalue weighted by molar-refractivity contribution is 0.379. The minimum Gasteiger partial charge on any atom is -0.354 e. The van der Waals surface area contributed by atoms with Gasteiger partial charge >= 0.3 is 0 Å². The predicted octanol–water partition coefficient (Wildman–Crippen LogP) is 3.66. The molecule has 0 atom stereocenters. The van der Waals surface area contributed by atoms with Crippen LogP contribution in [-0.2, 0) is 13.1 Å². The monoisotopic (exact) mass is 266 g/mol. The largest absolute Gasteiger partial charge is 0.354 e. The fourth-order valence-corrected chi connectivity index (χ4v) is 3.82. The standard InChI is InChI=1S/C15H26N2S/c1-3-17-10-7-14(12-17)11-16-13-15(18-2)8-5-4-6-9-15/h7,10,12,16H,3-6,8-9,11,13H2,1-2H3. The number of thioether (sulfide) groups is 1. The lowest BCUT2D eigenvalue weighted by Crippen LogP contribution is -2.39. The van der Waals surface area contributed by atoms with Gasteiger partial charge in [0.15, 0.2) is 0 Å². The lowest BCUT2D eigenvalue weighted by atomic mass is 9.88. The molecule has 0 spiro atoms. The highest BCUT2D eigenvalue weighted by Gasteiger charge is 2.30. The Balaban J connectivity index is 1.79. The van der Waals surface area contributed by atoms with Crippen LogP contribution >= 0.6 is 11.8 Å². The average Bonchev–Trinajstić information content (AvgIpc) is 2.88. The zero-order valence-electron chi connectivity index (χ0n) is 11.7. The minimum atomic E-state index is 0.506. The predicted molar refractivity (Wildman–Crippen MR) is 81.1 cm³/mol. The van der Waals surface area contributed by atoms with Gasteiger partial charge in [-0.05, 0) is 37.7 Å². The van der Waals surface area contributed by atoms with Crippen LogP contribution in [0.5, 0.6) is 0 Å². The van der Waals surface area contributed by atoms with Crippen LogP contribution in [-0.4, -0.2) is 22.1 Å². The van der Waals surface area contributed by atoms with Crippen molar-refractivity contribution in [2.45, 2.75) is 56.9 Å². The van der Waals surface area contributed by atoms with Gasteiger partial charge < -0.3 is 9.88 Å². The summed E-state index contributed by atoms with van der Waals surface area (Å²) >= 11 is 2.07. The lowest BCUT2D eigenvalue weighted by Gasteiger charge is -2.36. The molecule has 1 aliphatic carbocycles. The van der Waals surface area contributed by atoms with E-state index in [0.717, 1.165) is 19.6 Å². The maximum atomic E-state index is 3.67. The second kappa shape index (κ2) is 6.67. The third kappa shape index (κ3) is 3.55. The Morgan fingerprint density at radius 2 is 2.11 bits per heavy atom. The SMILES string of the molecule is CCn1ccc(CNCC2(SC)CCCCC2)c1. The van der Waals surface area contributed by atoms with Crippen molar-refractivity contribution >= 4 is 11.8 Å². The molecular formula is C15H26N2S. The van der Waals surface area contributed by atoms with Gasteiger partial charge in [0, 0.05) is 36.8 Å². The highest BCUT2D eigenvalue weighted by atomic mass is 32.2. The van der Waals surface area contributed by atoms with E-state index in [0.29, 0.717) is 4.75 Å². The maximum absolute atomic E-state index is 3.67. The Bertz CT molecular complexity index is 353. The molecule has 1 aromatic rings. The van der Waals surface area contributed by atoms with E-state index in [4.69, 9.17) is 0 Å². The Morgan fingerprint density at radius 3 is 2.72 bits per heavy atom. The minimum absolute atomic E-state index is 0.506. The van der Waals surface area contributed by atoms with Gasteiger partial charge in [-0.3, -0.25) is 0 Å². The summed E-state index contributed by atoms with van der Waals surface area (Å²) in [4.78, 5) is 0. The van der Waals surface area contributed by atoms with Gasteiger partial charge in [-0.1, -0.05) is 19.3 Å². The van der Waals surface area contributed by atoms with Gasteiger partial charge in [0.05, 0.1) is 0 Å². The Labute approximate surface area is 116 Å². The molecule has 0 unspecified atom stereocenters. The molecule has 0 aromatic carbocycles. The quantitative estimate of drug-likeness (QED) is 0.846. The first-order valence-corrected chi connectivity index (χ1v) is 8.41. The number of aromatic nitrogens is 1. The van der Waals surface area contributed by atoms with Crippen LogP contribution in [0.15, 0.2) is 18.5 Å². The molecule has 18 heavy (non-hydrogen) atoms. The van der Waals surface area contributed by atoms with Crippen molar-refractivity contribution in [3.8, 4) is 0 Å².